The summed E-state index contributed by atoms with van der Waals surface area (Å²) in [4.78, 5) is 0. The van der Waals surface area contributed by atoms with Gasteiger partial charge in [0.2, 0.25) is 0 Å². The highest BCUT2D eigenvalue weighted by Gasteiger charge is 1.80. The lowest BCUT2D eigenvalue weighted by atomic mass is 10.2. The Balaban J connectivity index is -0.000000262. The molecule has 0 atom stereocenters. The summed E-state index contributed by atoms with van der Waals surface area (Å²) in [5, 5.41) is 0. The van der Waals surface area contributed by atoms with E-state index in [0.717, 1.165) is 6.42 Å². The molecule has 0 aromatic heterocycles. The van der Waals surface area contributed by atoms with Crippen LogP contribution in [0.25, 0.3) is 0 Å². The van der Waals surface area contributed by atoms with Crippen LogP contribution < -0.4 is 0 Å². The van der Waals surface area contributed by atoms with Crippen LogP contribution in [0.4, 0.5) is 0 Å². The van der Waals surface area contributed by atoms with Gasteiger partial charge in [-0.25, -0.2) is 0 Å². The van der Waals surface area contributed by atoms with Gasteiger partial charge in [-0.15, -0.1) is 6.58 Å². The van der Waals surface area contributed by atoms with Crippen molar-refractivity contribution in [2.24, 2.45) is 0 Å². The Bertz CT molecular complexity index is 416. The van der Waals surface area contributed by atoms with Crippen molar-refractivity contribution < 1.29 is 0 Å². The maximum Gasteiger partial charge on any atom is -0.0308 e. The fraction of sp³-hybridized carbons (Fsp3) is 0.391. The summed E-state index contributed by atoms with van der Waals surface area (Å²) in [6.45, 7) is 23.5. The lowest BCUT2D eigenvalue weighted by molar-refractivity contribution is 1.15. The molecule has 1 aromatic carbocycles. The normalized spacial score (nSPS) is 9.48. The van der Waals surface area contributed by atoms with Crippen molar-refractivity contribution in [1.82, 2.24) is 0 Å². The minimum atomic E-state index is 1.06. The molecule has 130 valence electrons. The largest absolute Gasteiger partial charge is 0.100 e. The molecular formula is C23H38. The Hall–Kier alpha value is -1.82. The fourth-order valence-electron chi connectivity index (χ4n) is 1.19. The number of allylic oxidation sites excluding steroid dienone is 6. The molecule has 0 heterocycles. The molecular weight excluding hydrogens is 276 g/mol. The molecule has 0 fully saturated rings. The van der Waals surface area contributed by atoms with E-state index in [9.17, 15) is 0 Å². The molecule has 1 aromatic rings. The average molecular weight is 315 g/mol. The molecule has 0 heteroatoms. The molecule has 0 aliphatic carbocycles. The highest BCUT2D eigenvalue weighted by molar-refractivity contribution is 5.21. The second kappa shape index (κ2) is 20.2. The Morgan fingerprint density at radius 1 is 1.00 bits per heavy atom. The highest BCUT2D eigenvalue weighted by Crippen LogP contribution is 2.00. The van der Waals surface area contributed by atoms with Gasteiger partial charge in [0, 0.05) is 0 Å². The number of hydrogen-bond donors (Lipinski definition) is 0. The Morgan fingerprint density at radius 2 is 1.35 bits per heavy atom. The first-order valence-electron chi connectivity index (χ1n) is 8.47. The second-order valence-electron chi connectivity index (χ2n) is 5.19. The van der Waals surface area contributed by atoms with E-state index in [1.54, 1.807) is 0 Å². The third-order valence-electron chi connectivity index (χ3n) is 2.39. The molecule has 0 nitrogen and oxygen atoms in total. The zero-order chi connectivity index (χ0) is 18.7. The van der Waals surface area contributed by atoms with E-state index < -0.39 is 0 Å². The molecule has 0 aliphatic heterocycles. The molecule has 23 heavy (non-hydrogen) atoms. The maximum atomic E-state index is 3.68. The molecule has 1 rings (SSSR count). The van der Waals surface area contributed by atoms with Gasteiger partial charge in [0.1, 0.15) is 0 Å². The second-order valence-corrected chi connectivity index (χ2v) is 5.19. The SMILES string of the molecule is C=C(C)C.C=C/C(=C\C=C/C)CC.CC.Cc1ccc(C)cc1. The van der Waals surface area contributed by atoms with Crippen LogP contribution in [0.5, 0.6) is 0 Å². The van der Waals surface area contributed by atoms with Crippen LogP contribution >= 0.6 is 0 Å². The van der Waals surface area contributed by atoms with Crippen LogP contribution in [-0.2, 0) is 0 Å². The first-order valence-corrected chi connectivity index (χ1v) is 8.47. The van der Waals surface area contributed by atoms with E-state index in [1.165, 1.54) is 22.3 Å². The number of hydrogen-bond acceptors (Lipinski definition) is 0. The number of benzene rings is 1. The van der Waals surface area contributed by atoms with Crippen molar-refractivity contribution in [3.05, 3.63) is 84.0 Å². The van der Waals surface area contributed by atoms with Crippen molar-refractivity contribution >= 4 is 0 Å². The van der Waals surface area contributed by atoms with E-state index in [-0.39, 0.29) is 0 Å². The highest BCUT2D eigenvalue weighted by atomic mass is 13.9. The van der Waals surface area contributed by atoms with Gasteiger partial charge in [0.15, 0.2) is 0 Å². The van der Waals surface area contributed by atoms with E-state index in [0.29, 0.717) is 0 Å². The molecule has 0 saturated heterocycles. The zero-order valence-electron chi connectivity index (χ0n) is 16.7. The van der Waals surface area contributed by atoms with E-state index in [2.05, 4.69) is 64.3 Å². The van der Waals surface area contributed by atoms with Crippen molar-refractivity contribution in [1.29, 1.82) is 0 Å². The van der Waals surface area contributed by atoms with Gasteiger partial charge in [0.25, 0.3) is 0 Å². The number of rotatable bonds is 3. The summed E-state index contributed by atoms with van der Waals surface area (Å²) in [5.41, 5.74) is 5.11. The summed E-state index contributed by atoms with van der Waals surface area (Å²) in [5.74, 6) is 0. The van der Waals surface area contributed by atoms with Crippen LogP contribution in [0.2, 0.25) is 0 Å². The van der Waals surface area contributed by atoms with Gasteiger partial charge in [-0.1, -0.05) is 92.6 Å². The van der Waals surface area contributed by atoms with Gasteiger partial charge in [0.05, 0.1) is 0 Å². The van der Waals surface area contributed by atoms with Crippen LogP contribution in [-0.4, -0.2) is 0 Å². The predicted molar refractivity (Wildman–Crippen MR) is 111 cm³/mol. The molecule has 0 spiro atoms. The fourth-order valence-corrected chi connectivity index (χ4v) is 1.19. The third kappa shape index (κ3) is 25.5. The van der Waals surface area contributed by atoms with Gasteiger partial charge < -0.3 is 0 Å². The summed E-state index contributed by atoms with van der Waals surface area (Å²) in [7, 11) is 0. The molecule has 0 amide bonds. The summed E-state index contributed by atoms with van der Waals surface area (Å²) in [6.07, 6.45) is 9.07. The lowest BCUT2D eigenvalue weighted by Crippen LogP contribution is -1.70. The van der Waals surface area contributed by atoms with Crippen molar-refractivity contribution in [2.45, 2.75) is 61.8 Å². The average Bonchev–Trinajstić information content (AvgIpc) is 2.53. The lowest BCUT2D eigenvalue weighted by Gasteiger charge is -1.90. The van der Waals surface area contributed by atoms with Gasteiger partial charge in [-0.2, -0.15) is 0 Å². The molecule has 0 aliphatic rings. The van der Waals surface area contributed by atoms with Gasteiger partial charge in [-0.3, -0.25) is 0 Å². The number of aryl methyl sites for hydroxylation is 2. The molecule has 0 N–H and O–H groups in total. The van der Waals surface area contributed by atoms with E-state index >= 15 is 0 Å². The quantitative estimate of drug-likeness (QED) is 0.391. The van der Waals surface area contributed by atoms with E-state index in [1.807, 2.05) is 52.8 Å². The Morgan fingerprint density at radius 3 is 1.57 bits per heavy atom. The van der Waals surface area contributed by atoms with Crippen LogP contribution in [0, 0.1) is 13.8 Å². The topological polar surface area (TPSA) is 0 Å². The van der Waals surface area contributed by atoms with Crippen molar-refractivity contribution in [2.75, 3.05) is 0 Å². The van der Waals surface area contributed by atoms with Crippen molar-refractivity contribution in [3.63, 3.8) is 0 Å². The zero-order valence-corrected chi connectivity index (χ0v) is 16.7. The third-order valence-corrected chi connectivity index (χ3v) is 2.39. The van der Waals surface area contributed by atoms with Crippen LogP contribution in [0.3, 0.4) is 0 Å². The Labute approximate surface area is 146 Å². The minimum Gasteiger partial charge on any atom is -0.100 e. The smallest absolute Gasteiger partial charge is 0.0308 e. The van der Waals surface area contributed by atoms with Crippen molar-refractivity contribution in [3.8, 4) is 0 Å². The van der Waals surface area contributed by atoms with Gasteiger partial charge in [-0.05, 0) is 46.6 Å². The van der Waals surface area contributed by atoms with Crippen LogP contribution in [0.15, 0.2) is 72.9 Å². The standard InChI is InChI=1S/C9H14.C8H10.C4H8.C2H6/c1-4-7-8-9(5-2)6-3;1-7-3-5-8(2)6-4-7;1-4(2)3;1-2/h4-5,7-8H,2,6H2,1,3H3;3-6H,1-2H3;1H2,2-3H3;1-2H3/b7-4-,9-8+;;;. The molecule has 0 radical (unpaired) electrons. The molecule has 0 unspecified atom stereocenters. The maximum absolute atomic E-state index is 3.68. The van der Waals surface area contributed by atoms with Crippen LogP contribution in [0.1, 0.15) is 59.1 Å². The Kier molecular flexibility index (Phi) is 22.9. The van der Waals surface area contributed by atoms with E-state index in [4.69, 9.17) is 0 Å². The molecule has 0 bridgehead atoms. The monoisotopic (exact) mass is 314 g/mol. The summed E-state index contributed by atoms with van der Waals surface area (Å²) < 4.78 is 0. The minimum absolute atomic E-state index is 1.06. The summed E-state index contributed by atoms with van der Waals surface area (Å²) in [6, 6.07) is 8.48. The first kappa shape index (κ1) is 26.1. The summed E-state index contributed by atoms with van der Waals surface area (Å²) >= 11 is 0. The van der Waals surface area contributed by atoms with Gasteiger partial charge >= 0.3 is 0 Å². The first-order chi connectivity index (χ1) is 10.9. The predicted octanol–water partition coefficient (Wildman–Crippen LogP) is 8.00. The molecule has 0 saturated carbocycles.